The molecule has 7 heteroatoms. The zero-order valence-electron chi connectivity index (χ0n) is 14.2. The molecular formula is C18H23N5O2. The van der Waals surface area contributed by atoms with Crippen LogP contribution in [-0.4, -0.2) is 51.1 Å². The molecule has 0 spiro atoms. The third-order valence-electron chi connectivity index (χ3n) is 4.37. The Hall–Kier alpha value is -2.70. The average molecular weight is 341 g/mol. The highest BCUT2D eigenvalue weighted by atomic mass is 16.2. The van der Waals surface area contributed by atoms with Crippen molar-refractivity contribution in [2.45, 2.75) is 32.2 Å². The number of likely N-dealkylation sites (tertiary alicyclic amines) is 1. The molecule has 0 saturated carbocycles. The Morgan fingerprint density at radius 2 is 2.00 bits per heavy atom. The minimum atomic E-state index is -0.116. The van der Waals surface area contributed by atoms with Crippen molar-refractivity contribution in [1.29, 1.82) is 0 Å². The number of nitrogens with zero attached hydrogens (tertiary/aromatic N) is 4. The van der Waals surface area contributed by atoms with Gasteiger partial charge in [0.2, 0.25) is 5.91 Å². The fourth-order valence-electron chi connectivity index (χ4n) is 2.94. The van der Waals surface area contributed by atoms with E-state index in [1.807, 2.05) is 17.0 Å². The number of aromatic nitrogens is 3. The maximum Gasteiger partial charge on any atom is 0.251 e. The summed E-state index contributed by atoms with van der Waals surface area (Å²) >= 11 is 0. The molecule has 1 N–H and O–H groups in total. The van der Waals surface area contributed by atoms with Crippen LogP contribution in [-0.2, 0) is 11.3 Å². The van der Waals surface area contributed by atoms with E-state index in [4.69, 9.17) is 0 Å². The van der Waals surface area contributed by atoms with Crippen molar-refractivity contribution in [3.8, 4) is 0 Å². The number of nitrogens with one attached hydrogen (secondary N) is 1. The number of benzene rings is 1. The summed E-state index contributed by atoms with van der Waals surface area (Å²) in [6.45, 7) is 2.48. The van der Waals surface area contributed by atoms with Gasteiger partial charge in [-0.15, -0.1) is 0 Å². The molecule has 1 aromatic carbocycles. The monoisotopic (exact) mass is 341 g/mol. The van der Waals surface area contributed by atoms with E-state index in [1.165, 1.54) is 6.33 Å². The Labute approximate surface area is 147 Å². The number of hydrogen-bond donors (Lipinski definition) is 1. The van der Waals surface area contributed by atoms with Crippen LogP contribution in [0.2, 0.25) is 0 Å². The molecule has 0 unspecified atom stereocenters. The highest BCUT2D eigenvalue weighted by molar-refractivity contribution is 5.94. The third-order valence-corrected chi connectivity index (χ3v) is 4.37. The zero-order valence-corrected chi connectivity index (χ0v) is 14.2. The van der Waals surface area contributed by atoms with Crippen LogP contribution in [0.5, 0.6) is 0 Å². The van der Waals surface area contributed by atoms with Gasteiger partial charge in [0, 0.05) is 31.6 Å². The molecule has 0 aliphatic carbocycles. The molecule has 2 aromatic rings. The highest BCUT2D eigenvalue weighted by Gasteiger charge is 2.16. The summed E-state index contributed by atoms with van der Waals surface area (Å²) in [6.07, 6.45) is 6.91. The lowest BCUT2D eigenvalue weighted by atomic mass is 10.1. The molecule has 2 amide bonds. The molecular weight excluding hydrogens is 318 g/mol. The van der Waals surface area contributed by atoms with Gasteiger partial charge in [-0.3, -0.25) is 9.59 Å². The second-order valence-corrected chi connectivity index (χ2v) is 6.24. The summed E-state index contributed by atoms with van der Waals surface area (Å²) in [6, 6.07) is 7.43. The lowest BCUT2D eigenvalue weighted by Gasteiger charge is -2.20. The van der Waals surface area contributed by atoms with Gasteiger partial charge >= 0.3 is 0 Å². The molecule has 0 radical (unpaired) electrons. The Morgan fingerprint density at radius 1 is 1.16 bits per heavy atom. The molecule has 3 rings (SSSR count). The standard InChI is InChI=1S/C18H23N5O2/c24-17-4-2-1-3-10-22(17)11-9-20-18(25)16-7-5-15(6-8-16)12-23-14-19-13-21-23/h5-8,13-14H,1-4,9-12H2,(H,20,25). The van der Waals surface area contributed by atoms with Crippen molar-refractivity contribution in [1.82, 2.24) is 25.0 Å². The normalized spacial score (nSPS) is 15.0. The summed E-state index contributed by atoms with van der Waals surface area (Å²) < 4.78 is 1.73. The molecule has 1 aliphatic heterocycles. The predicted octanol–water partition coefficient (Wildman–Crippen LogP) is 1.46. The van der Waals surface area contributed by atoms with E-state index in [-0.39, 0.29) is 11.8 Å². The van der Waals surface area contributed by atoms with E-state index in [2.05, 4.69) is 15.4 Å². The summed E-state index contributed by atoms with van der Waals surface area (Å²) in [4.78, 5) is 29.9. The molecule has 0 atom stereocenters. The first-order valence-electron chi connectivity index (χ1n) is 8.70. The first-order chi connectivity index (χ1) is 12.2. The molecule has 25 heavy (non-hydrogen) atoms. The third kappa shape index (κ3) is 4.89. The number of carbonyl (C=O) groups excluding carboxylic acids is 2. The van der Waals surface area contributed by atoms with E-state index in [0.717, 1.165) is 31.4 Å². The van der Waals surface area contributed by atoms with Crippen LogP contribution in [0.25, 0.3) is 0 Å². The summed E-state index contributed by atoms with van der Waals surface area (Å²) in [5.74, 6) is 0.0822. The Kier molecular flexibility index (Phi) is 5.77. The van der Waals surface area contributed by atoms with Crippen LogP contribution in [0, 0.1) is 0 Å². The van der Waals surface area contributed by atoms with Crippen LogP contribution in [0.1, 0.15) is 41.6 Å². The second-order valence-electron chi connectivity index (χ2n) is 6.24. The lowest BCUT2D eigenvalue weighted by molar-refractivity contribution is -0.130. The van der Waals surface area contributed by atoms with Crippen molar-refractivity contribution in [2.24, 2.45) is 0 Å². The maximum absolute atomic E-state index is 12.2. The number of amides is 2. The number of rotatable bonds is 6. The molecule has 2 heterocycles. The Bertz CT molecular complexity index is 697. The van der Waals surface area contributed by atoms with Crippen molar-refractivity contribution in [3.05, 3.63) is 48.0 Å². The van der Waals surface area contributed by atoms with Gasteiger partial charge in [-0.1, -0.05) is 18.6 Å². The highest BCUT2D eigenvalue weighted by Crippen LogP contribution is 2.10. The van der Waals surface area contributed by atoms with E-state index in [0.29, 0.717) is 31.6 Å². The van der Waals surface area contributed by atoms with E-state index in [9.17, 15) is 9.59 Å². The SMILES string of the molecule is O=C(NCCN1CCCCCC1=O)c1ccc(Cn2cncn2)cc1. The fraction of sp³-hybridized carbons (Fsp3) is 0.444. The van der Waals surface area contributed by atoms with Gasteiger partial charge in [0.15, 0.2) is 0 Å². The molecule has 1 aliphatic rings. The smallest absolute Gasteiger partial charge is 0.251 e. The largest absolute Gasteiger partial charge is 0.350 e. The van der Waals surface area contributed by atoms with Gasteiger partial charge in [-0.05, 0) is 30.5 Å². The van der Waals surface area contributed by atoms with E-state index < -0.39 is 0 Å². The first kappa shape index (κ1) is 17.1. The van der Waals surface area contributed by atoms with Crippen molar-refractivity contribution < 1.29 is 9.59 Å². The van der Waals surface area contributed by atoms with Gasteiger partial charge in [0.1, 0.15) is 12.7 Å². The van der Waals surface area contributed by atoms with Crippen LogP contribution < -0.4 is 5.32 Å². The molecule has 0 bridgehead atoms. The zero-order chi connectivity index (χ0) is 17.5. The van der Waals surface area contributed by atoms with Gasteiger partial charge in [-0.2, -0.15) is 5.10 Å². The molecule has 7 nitrogen and oxygen atoms in total. The minimum absolute atomic E-state index is 0.116. The molecule has 1 fully saturated rings. The number of carbonyl (C=O) groups is 2. The summed E-state index contributed by atoms with van der Waals surface area (Å²) in [5.41, 5.74) is 1.67. The molecule has 132 valence electrons. The predicted molar refractivity (Wildman–Crippen MR) is 92.9 cm³/mol. The fourth-order valence-corrected chi connectivity index (χ4v) is 2.94. The van der Waals surface area contributed by atoms with Crippen molar-refractivity contribution >= 4 is 11.8 Å². The Balaban J connectivity index is 1.47. The van der Waals surface area contributed by atoms with Gasteiger partial charge in [-0.25, -0.2) is 9.67 Å². The van der Waals surface area contributed by atoms with Crippen LogP contribution in [0.4, 0.5) is 0 Å². The summed E-state index contributed by atoms with van der Waals surface area (Å²) in [5, 5.41) is 6.95. The lowest BCUT2D eigenvalue weighted by Crippen LogP contribution is -2.38. The van der Waals surface area contributed by atoms with Crippen LogP contribution in [0.3, 0.4) is 0 Å². The summed E-state index contributed by atoms with van der Waals surface area (Å²) in [7, 11) is 0. The van der Waals surface area contributed by atoms with Gasteiger partial charge in [0.25, 0.3) is 5.91 Å². The minimum Gasteiger partial charge on any atom is -0.350 e. The van der Waals surface area contributed by atoms with Gasteiger partial charge in [0.05, 0.1) is 6.54 Å². The Morgan fingerprint density at radius 3 is 2.76 bits per heavy atom. The van der Waals surface area contributed by atoms with Gasteiger partial charge < -0.3 is 10.2 Å². The topological polar surface area (TPSA) is 80.1 Å². The maximum atomic E-state index is 12.2. The van der Waals surface area contributed by atoms with Crippen molar-refractivity contribution in [3.63, 3.8) is 0 Å². The van der Waals surface area contributed by atoms with Crippen LogP contribution in [0.15, 0.2) is 36.9 Å². The van der Waals surface area contributed by atoms with Crippen molar-refractivity contribution in [2.75, 3.05) is 19.6 Å². The quantitative estimate of drug-likeness (QED) is 0.862. The van der Waals surface area contributed by atoms with Crippen LogP contribution >= 0.6 is 0 Å². The van der Waals surface area contributed by atoms with E-state index >= 15 is 0 Å². The average Bonchev–Trinajstić information content (AvgIpc) is 3.04. The number of hydrogen-bond acceptors (Lipinski definition) is 4. The molecule has 1 aromatic heterocycles. The second kappa shape index (κ2) is 8.41. The molecule has 1 saturated heterocycles. The van der Waals surface area contributed by atoms with E-state index in [1.54, 1.807) is 23.1 Å². The first-order valence-corrected chi connectivity index (χ1v) is 8.70.